The molecule has 0 aliphatic heterocycles. The van der Waals surface area contributed by atoms with Crippen LogP contribution in [0.25, 0.3) is 0 Å². The van der Waals surface area contributed by atoms with E-state index in [1.54, 1.807) is 7.05 Å². The molecule has 0 saturated heterocycles. The van der Waals surface area contributed by atoms with E-state index in [2.05, 4.69) is 10.6 Å². The van der Waals surface area contributed by atoms with E-state index in [0.29, 0.717) is 17.1 Å². The average molecular weight is 209 g/mol. The Kier molecular flexibility index (Phi) is 3.14. The Morgan fingerprint density at radius 2 is 1.33 bits per heavy atom. The van der Waals surface area contributed by atoms with Crippen LogP contribution >= 0.6 is 0 Å². The summed E-state index contributed by atoms with van der Waals surface area (Å²) >= 11 is 0. The molecule has 0 aromatic heterocycles. The molecule has 0 radical (unpaired) electrons. The van der Waals surface area contributed by atoms with Crippen LogP contribution < -0.4 is 27.8 Å². The third-order valence-corrected chi connectivity index (χ3v) is 2.58. The molecule has 0 aliphatic carbocycles. The molecule has 5 nitrogen and oxygen atoms in total. The van der Waals surface area contributed by atoms with Crippen LogP contribution in [0.5, 0.6) is 0 Å². The van der Waals surface area contributed by atoms with Crippen molar-refractivity contribution in [1.82, 2.24) is 0 Å². The molecule has 0 atom stereocenters. The second kappa shape index (κ2) is 4.16. The van der Waals surface area contributed by atoms with Gasteiger partial charge in [0.15, 0.2) is 0 Å². The van der Waals surface area contributed by atoms with Crippen molar-refractivity contribution >= 4 is 28.4 Å². The molecule has 15 heavy (non-hydrogen) atoms. The molecule has 0 fully saturated rings. The molecule has 0 heterocycles. The van der Waals surface area contributed by atoms with Gasteiger partial charge in [-0.25, -0.2) is 0 Å². The molecule has 0 amide bonds. The summed E-state index contributed by atoms with van der Waals surface area (Å²) in [7, 11) is 3.60. The summed E-state index contributed by atoms with van der Waals surface area (Å²) in [4.78, 5) is 0. The lowest BCUT2D eigenvalue weighted by Crippen LogP contribution is -2.10. The number of nitrogens with two attached hydrogens (primary N) is 3. The Bertz CT molecular complexity index is 373. The van der Waals surface area contributed by atoms with Crippen LogP contribution in [0.3, 0.4) is 0 Å². The minimum absolute atomic E-state index is 0.549. The number of nitrogen functional groups attached to an aromatic ring is 3. The van der Waals surface area contributed by atoms with Gasteiger partial charge in [-0.05, 0) is 6.42 Å². The summed E-state index contributed by atoms with van der Waals surface area (Å²) in [6, 6.07) is 0. The molecule has 0 bridgehead atoms. The Balaban J connectivity index is 3.57. The smallest absolute Gasteiger partial charge is 0.0849 e. The van der Waals surface area contributed by atoms with Crippen molar-refractivity contribution in [3.8, 4) is 0 Å². The quantitative estimate of drug-likeness (QED) is 0.479. The number of benzene rings is 1. The van der Waals surface area contributed by atoms with Crippen LogP contribution in [0.15, 0.2) is 0 Å². The number of rotatable bonds is 3. The Morgan fingerprint density at radius 3 is 1.73 bits per heavy atom. The maximum absolute atomic E-state index is 6.01. The lowest BCUT2D eigenvalue weighted by Gasteiger charge is -2.19. The van der Waals surface area contributed by atoms with Crippen LogP contribution in [0.4, 0.5) is 28.4 Å². The van der Waals surface area contributed by atoms with Crippen LogP contribution in [-0.2, 0) is 6.42 Å². The van der Waals surface area contributed by atoms with E-state index in [1.807, 2.05) is 14.0 Å². The zero-order valence-electron chi connectivity index (χ0n) is 9.44. The lowest BCUT2D eigenvalue weighted by atomic mass is 10.0. The van der Waals surface area contributed by atoms with Crippen molar-refractivity contribution in [2.45, 2.75) is 13.3 Å². The third kappa shape index (κ3) is 1.60. The first-order valence-corrected chi connectivity index (χ1v) is 4.93. The Hall–Kier alpha value is -1.78. The highest BCUT2D eigenvalue weighted by atomic mass is 15.0. The monoisotopic (exact) mass is 209 g/mol. The van der Waals surface area contributed by atoms with Crippen molar-refractivity contribution in [3.63, 3.8) is 0 Å². The predicted octanol–water partition coefficient (Wildman–Crippen LogP) is 1.08. The molecule has 1 aromatic rings. The number of nitrogens with one attached hydrogen (secondary N) is 2. The topological polar surface area (TPSA) is 102 Å². The van der Waals surface area contributed by atoms with Crippen molar-refractivity contribution < 1.29 is 0 Å². The maximum Gasteiger partial charge on any atom is 0.0849 e. The minimum Gasteiger partial charge on any atom is -0.397 e. The standard InChI is InChI=1S/C10H19N5/c1-4-5-6(11)8(13)10(15-3)9(14-2)7(5)12/h14-15H,4,11-13H2,1-3H3. The van der Waals surface area contributed by atoms with Gasteiger partial charge in [-0.3, -0.25) is 0 Å². The number of hydrogen-bond acceptors (Lipinski definition) is 5. The van der Waals surface area contributed by atoms with Crippen molar-refractivity contribution in [3.05, 3.63) is 5.56 Å². The highest BCUT2D eigenvalue weighted by molar-refractivity contribution is 5.98. The van der Waals surface area contributed by atoms with Gasteiger partial charge >= 0.3 is 0 Å². The fourth-order valence-corrected chi connectivity index (χ4v) is 1.76. The Labute approximate surface area is 90.0 Å². The Morgan fingerprint density at radius 1 is 0.867 bits per heavy atom. The van der Waals surface area contributed by atoms with Crippen LogP contribution in [0.2, 0.25) is 0 Å². The van der Waals surface area contributed by atoms with E-state index in [0.717, 1.165) is 23.4 Å². The predicted molar refractivity (Wildman–Crippen MR) is 68.2 cm³/mol. The maximum atomic E-state index is 6.01. The largest absolute Gasteiger partial charge is 0.397 e. The van der Waals surface area contributed by atoms with Crippen LogP contribution in [-0.4, -0.2) is 14.1 Å². The van der Waals surface area contributed by atoms with Gasteiger partial charge in [0.1, 0.15) is 0 Å². The van der Waals surface area contributed by atoms with Gasteiger partial charge in [-0.15, -0.1) is 0 Å². The molecule has 8 N–H and O–H groups in total. The molecule has 84 valence electrons. The molecule has 0 saturated carbocycles. The van der Waals surface area contributed by atoms with Crippen molar-refractivity contribution in [2.75, 3.05) is 41.9 Å². The fraction of sp³-hybridized carbons (Fsp3) is 0.400. The van der Waals surface area contributed by atoms with E-state index in [9.17, 15) is 0 Å². The molecular formula is C10H19N5. The van der Waals surface area contributed by atoms with Gasteiger partial charge in [0.25, 0.3) is 0 Å². The minimum atomic E-state index is 0.549. The lowest BCUT2D eigenvalue weighted by molar-refractivity contribution is 1.15. The molecular weight excluding hydrogens is 190 g/mol. The summed E-state index contributed by atoms with van der Waals surface area (Å²) in [5.74, 6) is 0. The highest BCUT2D eigenvalue weighted by Gasteiger charge is 2.16. The summed E-state index contributed by atoms with van der Waals surface area (Å²) in [5, 5.41) is 6.03. The van der Waals surface area contributed by atoms with Gasteiger partial charge in [-0.1, -0.05) is 6.92 Å². The molecule has 1 rings (SSSR count). The van der Waals surface area contributed by atoms with Crippen molar-refractivity contribution in [2.24, 2.45) is 0 Å². The van der Waals surface area contributed by atoms with E-state index in [-0.39, 0.29) is 0 Å². The molecule has 0 aliphatic rings. The first kappa shape index (κ1) is 11.3. The highest BCUT2D eigenvalue weighted by Crippen LogP contribution is 2.41. The molecule has 0 unspecified atom stereocenters. The first-order valence-electron chi connectivity index (χ1n) is 4.93. The van der Waals surface area contributed by atoms with E-state index in [4.69, 9.17) is 17.2 Å². The van der Waals surface area contributed by atoms with Gasteiger partial charge in [0.05, 0.1) is 28.4 Å². The summed E-state index contributed by atoms with van der Waals surface area (Å²) in [5.41, 5.74) is 22.1. The van der Waals surface area contributed by atoms with Gasteiger partial charge in [-0.2, -0.15) is 0 Å². The fourth-order valence-electron chi connectivity index (χ4n) is 1.76. The van der Waals surface area contributed by atoms with Gasteiger partial charge in [0.2, 0.25) is 0 Å². The van der Waals surface area contributed by atoms with Crippen molar-refractivity contribution in [1.29, 1.82) is 0 Å². The van der Waals surface area contributed by atoms with E-state index >= 15 is 0 Å². The molecule has 0 spiro atoms. The number of hydrogen-bond donors (Lipinski definition) is 5. The zero-order valence-corrected chi connectivity index (χ0v) is 9.44. The van der Waals surface area contributed by atoms with Gasteiger partial charge in [0, 0.05) is 19.7 Å². The van der Waals surface area contributed by atoms with E-state index < -0.39 is 0 Å². The second-order valence-corrected chi connectivity index (χ2v) is 3.32. The summed E-state index contributed by atoms with van der Waals surface area (Å²) in [6.07, 6.45) is 0.764. The third-order valence-electron chi connectivity index (χ3n) is 2.58. The van der Waals surface area contributed by atoms with E-state index in [1.165, 1.54) is 0 Å². The van der Waals surface area contributed by atoms with Crippen LogP contribution in [0.1, 0.15) is 12.5 Å². The van der Waals surface area contributed by atoms with Crippen LogP contribution in [0, 0.1) is 0 Å². The van der Waals surface area contributed by atoms with Gasteiger partial charge < -0.3 is 27.8 Å². The number of anilines is 5. The zero-order chi connectivity index (χ0) is 11.6. The SMILES string of the molecule is CCc1c(N)c(N)c(NC)c(NC)c1N. The second-order valence-electron chi connectivity index (χ2n) is 3.32. The summed E-state index contributed by atoms with van der Waals surface area (Å²) in [6.45, 7) is 2.00. The average Bonchev–Trinajstić information content (AvgIpc) is 2.23. The normalized spacial score (nSPS) is 10.1. The molecule has 1 aromatic carbocycles. The molecule has 5 heteroatoms. The first-order chi connectivity index (χ1) is 7.08. The summed E-state index contributed by atoms with van der Waals surface area (Å²) < 4.78 is 0.